The van der Waals surface area contributed by atoms with Crippen LogP contribution in [0.1, 0.15) is 36.4 Å². The van der Waals surface area contributed by atoms with Gasteiger partial charge >= 0.3 is 0 Å². The van der Waals surface area contributed by atoms with Crippen molar-refractivity contribution in [1.29, 1.82) is 0 Å². The van der Waals surface area contributed by atoms with E-state index in [0.29, 0.717) is 45.8 Å². The van der Waals surface area contributed by atoms with Gasteiger partial charge in [0.25, 0.3) is 11.8 Å². The quantitative estimate of drug-likeness (QED) is 0.340. The molecule has 0 bridgehead atoms. The smallest absolute Gasteiger partial charge is 0.265 e. The number of aromatic nitrogens is 1. The molecule has 0 radical (unpaired) electrons. The van der Waals surface area contributed by atoms with Crippen LogP contribution in [0.25, 0.3) is 11.5 Å². The van der Waals surface area contributed by atoms with Gasteiger partial charge in [-0.3, -0.25) is 9.59 Å². The van der Waals surface area contributed by atoms with Crippen LogP contribution in [0.4, 0.5) is 5.69 Å². The van der Waals surface area contributed by atoms with Gasteiger partial charge in [-0.2, -0.15) is 0 Å². The Balaban J connectivity index is 1.39. The van der Waals surface area contributed by atoms with Gasteiger partial charge < -0.3 is 24.5 Å². The van der Waals surface area contributed by atoms with Crippen molar-refractivity contribution in [3.8, 4) is 17.2 Å². The van der Waals surface area contributed by atoms with Crippen LogP contribution in [0.3, 0.4) is 0 Å². The summed E-state index contributed by atoms with van der Waals surface area (Å²) in [5, 5.41) is 5.74. The number of thiophene rings is 1. The van der Waals surface area contributed by atoms with Crippen molar-refractivity contribution in [2.75, 3.05) is 19.5 Å². The number of anilines is 1. The molecule has 0 aliphatic carbocycles. The molecule has 4 rings (SSSR count). The number of carbonyl (C=O) groups is 2. The summed E-state index contributed by atoms with van der Waals surface area (Å²) in [6.07, 6.45) is 0. The van der Waals surface area contributed by atoms with E-state index < -0.39 is 0 Å². The van der Waals surface area contributed by atoms with Crippen molar-refractivity contribution in [2.24, 2.45) is 0 Å². The highest BCUT2D eigenvalue weighted by Crippen LogP contribution is 2.25. The van der Waals surface area contributed by atoms with E-state index in [4.69, 9.17) is 13.9 Å². The van der Waals surface area contributed by atoms with Crippen LogP contribution in [0.2, 0.25) is 0 Å². The number of oxazole rings is 1. The second-order valence-electron chi connectivity index (χ2n) is 7.64. The molecule has 0 atom stereocenters. The molecule has 0 aliphatic heterocycles. The zero-order valence-electron chi connectivity index (χ0n) is 19.6. The van der Waals surface area contributed by atoms with Crippen molar-refractivity contribution >= 4 is 28.8 Å². The number of benzene rings is 2. The summed E-state index contributed by atoms with van der Waals surface area (Å²) in [5.41, 5.74) is 2.50. The van der Waals surface area contributed by atoms with Crippen LogP contribution in [-0.2, 0) is 17.9 Å². The second-order valence-corrected chi connectivity index (χ2v) is 8.80. The van der Waals surface area contributed by atoms with Gasteiger partial charge in [0.2, 0.25) is 5.89 Å². The van der Waals surface area contributed by atoms with Crippen molar-refractivity contribution in [3.05, 3.63) is 87.4 Å². The molecule has 2 aromatic carbocycles. The summed E-state index contributed by atoms with van der Waals surface area (Å²) in [6, 6.07) is 17.9. The fraction of sp³-hybridized carbons (Fsp3) is 0.192. The minimum Gasteiger partial charge on any atom is -0.496 e. The van der Waals surface area contributed by atoms with Gasteiger partial charge in [-0.05, 0) is 55.5 Å². The average molecular weight is 492 g/mol. The van der Waals surface area contributed by atoms with E-state index in [1.807, 2.05) is 18.2 Å². The minimum atomic E-state index is -0.258. The lowest BCUT2D eigenvalue weighted by atomic mass is 10.2. The van der Waals surface area contributed by atoms with Gasteiger partial charge in [0.1, 0.15) is 17.2 Å². The number of amides is 2. The van der Waals surface area contributed by atoms with E-state index in [2.05, 4.69) is 15.6 Å². The number of hydrogen-bond acceptors (Lipinski definition) is 7. The predicted molar refractivity (Wildman–Crippen MR) is 134 cm³/mol. The molecule has 2 amide bonds. The van der Waals surface area contributed by atoms with E-state index in [-0.39, 0.29) is 18.4 Å². The second kappa shape index (κ2) is 11.0. The summed E-state index contributed by atoms with van der Waals surface area (Å²) in [7, 11) is 3.15. The Morgan fingerprint density at radius 2 is 1.77 bits per heavy atom. The van der Waals surface area contributed by atoms with Gasteiger partial charge in [-0.25, -0.2) is 4.98 Å². The Bertz CT molecular complexity index is 1330. The number of rotatable bonds is 9. The van der Waals surface area contributed by atoms with Crippen LogP contribution in [0.5, 0.6) is 5.75 Å². The third kappa shape index (κ3) is 5.76. The number of carbonyl (C=O) groups excluding carboxylic acids is 2. The van der Waals surface area contributed by atoms with Gasteiger partial charge in [-0.1, -0.05) is 12.1 Å². The summed E-state index contributed by atoms with van der Waals surface area (Å²) < 4.78 is 16.2. The Morgan fingerprint density at radius 3 is 2.51 bits per heavy atom. The fourth-order valence-electron chi connectivity index (χ4n) is 3.42. The molecular weight excluding hydrogens is 466 g/mol. The van der Waals surface area contributed by atoms with E-state index >= 15 is 0 Å². The topological polar surface area (TPSA) is 103 Å². The lowest BCUT2D eigenvalue weighted by Crippen LogP contribution is -2.23. The Hall–Kier alpha value is -3.95. The Labute approximate surface area is 206 Å². The number of nitrogens with zero attached hydrogens (tertiary/aromatic N) is 1. The van der Waals surface area contributed by atoms with Crippen molar-refractivity contribution in [2.45, 2.75) is 20.1 Å². The lowest BCUT2D eigenvalue weighted by molar-refractivity contribution is 0.0946. The highest BCUT2D eigenvalue weighted by Gasteiger charge is 2.16. The molecule has 8 nitrogen and oxygen atoms in total. The van der Waals surface area contributed by atoms with Crippen molar-refractivity contribution in [1.82, 2.24) is 10.3 Å². The van der Waals surface area contributed by atoms with E-state index in [9.17, 15) is 9.59 Å². The Kier molecular flexibility index (Phi) is 7.59. The maximum atomic E-state index is 12.6. The summed E-state index contributed by atoms with van der Waals surface area (Å²) in [4.78, 5) is 31.2. The standard InChI is InChI=1S/C26H25N3O5S/c1-16-21(14-27-24(30)20-6-4-5-7-22(20)33-3)29-26(34-16)17-8-10-18(11-9-17)28-25(31)23-13-12-19(35-23)15-32-2/h4-13H,14-15H2,1-3H3,(H,27,30)(H,28,31). The molecule has 4 aromatic rings. The van der Waals surface area contributed by atoms with Crippen molar-refractivity contribution in [3.63, 3.8) is 0 Å². The number of hydrogen-bond donors (Lipinski definition) is 2. The predicted octanol–water partition coefficient (Wildman–Crippen LogP) is 5.05. The third-order valence-electron chi connectivity index (χ3n) is 5.22. The van der Waals surface area contributed by atoms with Gasteiger partial charge in [0.15, 0.2) is 0 Å². The van der Waals surface area contributed by atoms with E-state index in [1.54, 1.807) is 56.5 Å². The first-order valence-electron chi connectivity index (χ1n) is 10.9. The molecule has 0 unspecified atom stereocenters. The summed E-state index contributed by atoms with van der Waals surface area (Å²) >= 11 is 1.40. The minimum absolute atomic E-state index is 0.176. The van der Waals surface area contributed by atoms with Gasteiger partial charge in [-0.15, -0.1) is 11.3 Å². The number of para-hydroxylation sites is 1. The zero-order valence-corrected chi connectivity index (χ0v) is 20.4. The van der Waals surface area contributed by atoms with Crippen LogP contribution in [0.15, 0.2) is 65.1 Å². The number of ether oxygens (including phenoxy) is 2. The molecule has 0 aliphatic rings. The molecule has 35 heavy (non-hydrogen) atoms. The molecule has 0 saturated carbocycles. The largest absolute Gasteiger partial charge is 0.496 e. The number of nitrogens with one attached hydrogen (secondary N) is 2. The molecule has 0 saturated heterocycles. The monoisotopic (exact) mass is 491 g/mol. The first kappa shape index (κ1) is 24.2. The zero-order chi connectivity index (χ0) is 24.8. The van der Waals surface area contributed by atoms with E-state index in [1.165, 1.54) is 18.4 Å². The first-order chi connectivity index (χ1) is 17.0. The normalized spacial score (nSPS) is 10.7. The number of aryl methyl sites for hydroxylation is 1. The molecule has 2 aromatic heterocycles. The average Bonchev–Trinajstić information content (AvgIpc) is 3.50. The number of methoxy groups -OCH3 is 2. The SMILES string of the molecule is COCc1ccc(C(=O)Nc2ccc(-c3nc(CNC(=O)c4ccccc4OC)c(C)o3)cc2)s1. The summed E-state index contributed by atoms with van der Waals surface area (Å²) in [5.74, 6) is 1.12. The van der Waals surface area contributed by atoms with Crippen molar-refractivity contribution < 1.29 is 23.5 Å². The van der Waals surface area contributed by atoms with Gasteiger partial charge in [0, 0.05) is 23.2 Å². The molecule has 0 fully saturated rings. The fourth-order valence-corrected chi connectivity index (χ4v) is 4.29. The van der Waals surface area contributed by atoms with Gasteiger partial charge in [0.05, 0.1) is 30.7 Å². The van der Waals surface area contributed by atoms with Crippen LogP contribution < -0.4 is 15.4 Å². The van der Waals surface area contributed by atoms with E-state index in [0.717, 1.165) is 10.4 Å². The Morgan fingerprint density at radius 1 is 1.00 bits per heavy atom. The lowest BCUT2D eigenvalue weighted by Gasteiger charge is -2.08. The maximum absolute atomic E-state index is 12.6. The highest BCUT2D eigenvalue weighted by atomic mass is 32.1. The summed E-state index contributed by atoms with van der Waals surface area (Å²) in [6.45, 7) is 2.50. The highest BCUT2D eigenvalue weighted by molar-refractivity contribution is 7.14. The maximum Gasteiger partial charge on any atom is 0.265 e. The molecule has 2 heterocycles. The van der Waals surface area contributed by atoms with Crippen LogP contribution in [-0.4, -0.2) is 31.0 Å². The molecule has 0 spiro atoms. The first-order valence-corrected chi connectivity index (χ1v) is 11.7. The molecular formula is C26H25N3O5S. The molecule has 9 heteroatoms. The molecule has 2 N–H and O–H groups in total. The van der Waals surface area contributed by atoms with Crippen LogP contribution in [0, 0.1) is 6.92 Å². The third-order valence-corrected chi connectivity index (χ3v) is 6.28. The molecule has 180 valence electrons. The van der Waals surface area contributed by atoms with Crippen LogP contribution >= 0.6 is 11.3 Å².